The van der Waals surface area contributed by atoms with E-state index >= 15 is 0 Å². The molecule has 3 heteroatoms. The standard InChI is InChI=1S/C16H25BrN2/c1-3-16(4-2)19-10-8-18(9-11-19)13-14-6-5-7-15(17)12-14/h5-7,12,16H,3-4,8-11,13H2,1-2H3. The van der Waals surface area contributed by atoms with Crippen LogP contribution in [0.4, 0.5) is 0 Å². The van der Waals surface area contributed by atoms with E-state index in [9.17, 15) is 0 Å². The van der Waals surface area contributed by atoms with Crippen LogP contribution < -0.4 is 0 Å². The maximum Gasteiger partial charge on any atom is 0.0235 e. The normalized spacial score (nSPS) is 18.1. The molecule has 1 aromatic carbocycles. The maximum absolute atomic E-state index is 3.55. The van der Waals surface area contributed by atoms with Gasteiger partial charge in [0.25, 0.3) is 0 Å². The average molecular weight is 325 g/mol. The van der Waals surface area contributed by atoms with Gasteiger partial charge in [0.1, 0.15) is 0 Å². The Kier molecular flexibility index (Phi) is 5.86. The summed E-state index contributed by atoms with van der Waals surface area (Å²) in [6, 6.07) is 9.45. The number of halogens is 1. The highest BCUT2D eigenvalue weighted by Crippen LogP contribution is 2.16. The minimum absolute atomic E-state index is 0.785. The molecule has 0 N–H and O–H groups in total. The van der Waals surface area contributed by atoms with Crippen molar-refractivity contribution in [3.8, 4) is 0 Å². The first-order valence-corrected chi connectivity index (χ1v) is 8.23. The molecule has 1 aromatic rings. The van der Waals surface area contributed by atoms with E-state index < -0.39 is 0 Å². The first-order valence-electron chi connectivity index (χ1n) is 7.43. The molecule has 19 heavy (non-hydrogen) atoms. The van der Waals surface area contributed by atoms with Crippen LogP contribution in [-0.4, -0.2) is 42.0 Å². The zero-order valence-electron chi connectivity index (χ0n) is 12.1. The summed E-state index contributed by atoms with van der Waals surface area (Å²) in [6.07, 6.45) is 2.56. The Balaban J connectivity index is 1.83. The lowest BCUT2D eigenvalue weighted by molar-refractivity contribution is 0.0881. The van der Waals surface area contributed by atoms with Gasteiger partial charge in [-0.2, -0.15) is 0 Å². The summed E-state index contributed by atoms with van der Waals surface area (Å²) in [6.45, 7) is 10.5. The first kappa shape index (κ1) is 15.0. The molecule has 2 rings (SSSR count). The van der Waals surface area contributed by atoms with Gasteiger partial charge in [0.2, 0.25) is 0 Å². The molecule has 0 saturated carbocycles. The lowest BCUT2D eigenvalue weighted by Gasteiger charge is -2.38. The second kappa shape index (κ2) is 7.41. The Bertz CT molecular complexity index is 382. The summed E-state index contributed by atoms with van der Waals surface area (Å²) in [4.78, 5) is 5.23. The second-order valence-electron chi connectivity index (χ2n) is 5.41. The molecule has 0 unspecified atom stereocenters. The van der Waals surface area contributed by atoms with E-state index in [4.69, 9.17) is 0 Å². The highest BCUT2D eigenvalue weighted by molar-refractivity contribution is 9.10. The van der Waals surface area contributed by atoms with Crippen LogP contribution >= 0.6 is 15.9 Å². The van der Waals surface area contributed by atoms with Gasteiger partial charge in [-0.3, -0.25) is 9.80 Å². The van der Waals surface area contributed by atoms with Crippen molar-refractivity contribution in [3.05, 3.63) is 34.3 Å². The number of rotatable bonds is 5. The minimum atomic E-state index is 0.785. The summed E-state index contributed by atoms with van der Waals surface area (Å²) >= 11 is 3.55. The van der Waals surface area contributed by atoms with Crippen molar-refractivity contribution in [3.63, 3.8) is 0 Å². The number of hydrogen-bond donors (Lipinski definition) is 0. The minimum Gasteiger partial charge on any atom is -0.298 e. The molecule has 1 aliphatic rings. The smallest absolute Gasteiger partial charge is 0.0235 e. The van der Waals surface area contributed by atoms with Crippen molar-refractivity contribution < 1.29 is 0 Å². The van der Waals surface area contributed by atoms with E-state index in [1.165, 1.54) is 49.1 Å². The number of nitrogens with zero attached hydrogens (tertiary/aromatic N) is 2. The Morgan fingerprint density at radius 3 is 2.37 bits per heavy atom. The second-order valence-corrected chi connectivity index (χ2v) is 6.33. The van der Waals surface area contributed by atoms with E-state index in [-0.39, 0.29) is 0 Å². The van der Waals surface area contributed by atoms with Crippen LogP contribution in [0.15, 0.2) is 28.7 Å². The average Bonchev–Trinajstić information content (AvgIpc) is 2.42. The van der Waals surface area contributed by atoms with Crippen LogP contribution in [0.3, 0.4) is 0 Å². The molecule has 0 bridgehead atoms. The number of piperazine rings is 1. The lowest BCUT2D eigenvalue weighted by Crippen LogP contribution is -2.49. The Labute approximate surface area is 125 Å². The zero-order valence-corrected chi connectivity index (χ0v) is 13.7. The van der Waals surface area contributed by atoms with Crippen LogP contribution in [0.1, 0.15) is 32.3 Å². The quantitative estimate of drug-likeness (QED) is 0.813. The maximum atomic E-state index is 3.55. The molecule has 0 amide bonds. The number of hydrogen-bond acceptors (Lipinski definition) is 2. The van der Waals surface area contributed by atoms with Gasteiger partial charge in [-0.05, 0) is 30.5 Å². The largest absolute Gasteiger partial charge is 0.298 e. The molecule has 106 valence electrons. The van der Waals surface area contributed by atoms with Crippen molar-refractivity contribution in [1.82, 2.24) is 9.80 Å². The van der Waals surface area contributed by atoms with Gasteiger partial charge < -0.3 is 0 Å². The van der Waals surface area contributed by atoms with Crippen molar-refractivity contribution >= 4 is 15.9 Å². The fourth-order valence-electron chi connectivity index (χ4n) is 2.99. The molecular formula is C16H25BrN2. The third-order valence-corrected chi connectivity index (χ3v) is 4.65. The van der Waals surface area contributed by atoms with E-state index in [0.717, 1.165) is 12.6 Å². The molecule has 2 nitrogen and oxygen atoms in total. The van der Waals surface area contributed by atoms with Crippen molar-refractivity contribution in [1.29, 1.82) is 0 Å². The predicted molar refractivity (Wildman–Crippen MR) is 85.4 cm³/mol. The predicted octanol–water partition coefficient (Wildman–Crippen LogP) is 3.76. The third-order valence-electron chi connectivity index (χ3n) is 4.16. The molecule has 1 aliphatic heterocycles. The molecule has 1 heterocycles. The van der Waals surface area contributed by atoms with E-state index in [2.05, 4.69) is 63.8 Å². The Morgan fingerprint density at radius 1 is 1.11 bits per heavy atom. The molecule has 1 saturated heterocycles. The van der Waals surface area contributed by atoms with Crippen molar-refractivity contribution in [2.24, 2.45) is 0 Å². The van der Waals surface area contributed by atoms with Gasteiger partial charge in [0.05, 0.1) is 0 Å². The third kappa shape index (κ3) is 4.30. The van der Waals surface area contributed by atoms with Crippen molar-refractivity contribution in [2.45, 2.75) is 39.3 Å². The molecule has 0 aromatic heterocycles. The van der Waals surface area contributed by atoms with Gasteiger partial charge in [0.15, 0.2) is 0 Å². The van der Waals surface area contributed by atoms with Gasteiger partial charge in [-0.25, -0.2) is 0 Å². The van der Waals surface area contributed by atoms with E-state index in [1.807, 2.05) is 0 Å². The molecular weight excluding hydrogens is 300 g/mol. The van der Waals surface area contributed by atoms with Crippen molar-refractivity contribution in [2.75, 3.05) is 26.2 Å². The lowest BCUT2D eigenvalue weighted by atomic mass is 10.1. The van der Waals surface area contributed by atoms with Crippen LogP contribution in [0.5, 0.6) is 0 Å². The van der Waals surface area contributed by atoms with Gasteiger partial charge in [0, 0.05) is 43.2 Å². The molecule has 0 atom stereocenters. The summed E-state index contributed by atoms with van der Waals surface area (Å²) < 4.78 is 1.18. The summed E-state index contributed by atoms with van der Waals surface area (Å²) in [5.41, 5.74) is 1.41. The Hall–Kier alpha value is -0.380. The first-order chi connectivity index (χ1) is 9.22. The monoisotopic (exact) mass is 324 g/mol. The topological polar surface area (TPSA) is 6.48 Å². The van der Waals surface area contributed by atoms with Gasteiger partial charge >= 0.3 is 0 Å². The summed E-state index contributed by atoms with van der Waals surface area (Å²) in [7, 11) is 0. The fourth-order valence-corrected chi connectivity index (χ4v) is 3.43. The summed E-state index contributed by atoms with van der Waals surface area (Å²) in [5, 5.41) is 0. The highest BCUT2D eigenvalue weighted by atomic mass is 79.9. The zero-order chi connectivity index (χ0) is 13.7. The number of benzene rings is 1. The van der Waals surface area contributed by atoms with Crippen LogP contribution in [0, 0.1) is 0 Å². The van der Waals surface area contributed by atoms with Gasteiger partial charge in [-0.15, -0.1) is 0 Å². The van der Waals surface area contributed by atoms with Crippen LogP contribution in [0.25, 0.3) is 0 Å². The molecule has 0 aliphatic carbocycles. The molecule has 1 fully saturated rings. The molecule has 0 spiro atoms. The van der Waals surface area contributed by atoms with E-state index in [0.29, 0.717) is 0 Å². The van der Waals surface area contributed by atoms with Crippen LogP contribution in [0.2, 0.25) is 0 Å². The fraction of sp³-hybridized carbons (Fsp3) is 0.625. The molecule has 0 radical (unpaired) electrons. The summed E-state index contributed by atoms with van der Waals surface area (Å²) in [5.74, 6) is 0. The van der Waals surface area contributed by atoms with E-state index in [1.54, 1.807) is 0 Å². The highest BCUT2D eigenvalue weighted by Gasteiger charge is 2.21. The SMILES string of the molecule is CCC(CC)N1CCN(Cc2cccc(Br)c2)CC1. The Morgan fingerprint density at radius 2 is 1.79 bits per heavy atom. The van der Waals surface area contributed by atoms with Gasteiger partial charge in [-0.1, -0.05) is 41.9 Å². The van der Waals surface area contributed by atoms with Crippen LogP contribution in [-0.2, 0) is 6.54 Å².